The van der Waals surface area contributed by atoms with Crippen LogP contribution in [-0.2, 0) is 0 Å². The molecule has 0 radical (unpaired) electrons. The molecule has 1 fully saturated rings. The van der Waals surface area contributed by atoms with Crippen LogP contribution in [-0.4, -0.2) is 17.3 Å². The van der Waals surface area contributed by atoms with E-state index in [1.54, 1.807) is 0 Å². The van der Waals surface area contributed by atoms with E-state index in [2.05, 4.69) is 52.4 Å². The maximum atomic E-state index is 10.4. The van der Waals surface area contributed by atoms with Gasteiger partial charge in [-0.05, 0) is 37.0 Å². The number of rotatable bonds is 5. The normalized spacial score (nSPS) is 19.9. The largest absolute Gasteiger partial charge is 0.389 e. The van der Waals surface area contributed by atoms with Crippen molar-refractivity contribution in [2.75, 3.05) is 6.54 Å². The second-order valence-corrected chi connectivity index (χ2v) is 6.24. The molecule has 3 heteroatoms. The Hall–Kier alpha value is -0.380. The van der Waals surface area contributed by atoms with E-state index in [4.69, 9.17) is 0 Å². The molecule has 0 amide bonds. The Bertz CT molecular complexity index is 371. The lowest BCUT2D eigenvalue weighted by molar-refractivity contribution is 0.0446. The molecule has 1 unspecified atom stereocenters. The van der Waals surface area contributed by atoms with Crippen molar-refractivity contribution in [1.82, 2.24) is 5.32 Å². The van der Waals surface area contributed by atoms with Gasteiger partial charge in [0, 0.05) is 17.1 Å². The van der Waals surface area contributed by atoms with Gasteiger partial charge in [-0.25, -0.2) is 0 Å². The van der Waals surface area contributed by atoms with Gasteiger partial charge in [-0.3, -0.25) is 0 Å². The molecule has 0 aromatic heterocycles. The minimum atomic E-state index is -0.469. The van der Waals surface area contributed by atoms with Gasteiger partial charge < -0.3 is 10.4 Å². The highest BCUT2D eigenvalue weighted by Gasteiger charge is 2.31. The van der Waals surface area contributed by atoms with E-state index in [0.717, 1.165) is 36.6 Å². The number of aliphatic hydroxyl groups is 1. The van der Waals surface area contributed by atoms with Crippen LogP contribution < -0.4 is 5.32 Å². The zero-order valence-corrected chi connectivity index (χ0v) is 12.5. The van der Waals surface area contributed by atoms with Crippen molar-refractivity contribution in [3.8, 4) is 0 Å². The molecule has 0 aliphatic heterocycles. The van der Waals surface area contributed by atoms with Gasteiger partial charge in [0.15, 0.2) is 0 Å². The quantitative estimate of drug-likeness (QED) is 0.867. The minimum absolute atomic E-state index is 0.336. The fourth-order valence-corrected chi connectivity index (χ4v) is 2.98. The van der Waals surface area contributed by atoms with Crippen molar-refractivity contribution in [2.45, 2.75) is 50.7 Å². The molecule has 1 aliphatic carbocycles. The second-order valence-electron chi connectivity index (χ2n) is 5.32. The Balaban J connectivity index is 1.95. The lowest BCUT2D eigenvalue weighted by atomic mass is 9.99. The summed E-state index contributed by atoms with van der Waals surface area (Å²) in [7, 11) is 0. The van der Waals surface area contributed by atoms with Crippen molar-refractivity contribution >= 4 is 15.9 Å². The zero-order chi connectivity index (χ0) is 13.0. The molecule has 2 N–H and O–H groups in total. The first-order valence-corrected chi connectivity index (χ1v) is 7.63. The fourth-order valence-electron chi connectivity index (χ4n) is 2.72. The van der Waals surface area contributed by atoms with Gasteiger partial charge in [-0.1, -0.05) is 47.8 Å². The van der Waals surface area contributed by atoms with Crippen molar-refractivity contribution in [1.29, 1.82) is 0 Å². The lowest BCUT2D eigenvalue weighted by Gasteiger charge is -2.26. The Labute approximate surface area is 118 Å². The number of halogens is 1. The van der Waals surface area contributed by atoms with E-state index < -0.39 is 5.60 Å². The molecule has 0 bridgehead atoms. The van der Waals surface area contributed by atoms with Crippen molar-refractivity contribution in [2.24, 2.45) is 0 Å². The first kappa shape index (κ1) is 14.0. The highest BCUT2D eigenvalue weighted by atomic mass is 79.9. The molecular formula is C15H22BrNO. The van der Waals surface area contributed by atoms with E-state index in [-0.39, 0.29) is 0 Å². The average Bonchev–Trinajstić information content (AvgIpc) is 2.79. The van der Waals surface area contributed by atoms with Crippen LogP contribution in [0.4, 0.5) is 0 Å². The topological polar surface area (TPSA) is 32.3 Å². The van der Waals surface area contributed by atoms with Gasteiger partial charge in [0.25, 0.3) is 0 Å². The van der Waals surface area contributed by atoms with Crippen molar-refractivity contribution in [3.63, 3.8) is 0 Å². The van der Waals surface area contributed by atoms with E-state index >= 15 is 0 Å². The van der Waals surface area contributed by atoms with Gasteiger partial charge in [-0.15, -0.1) is 0 Å². The summed E-state index contributed by atoms with van der Waals surface area (Å²) in [6.07, 6.45) is 5.24. The maximum absolute atomic E-state index is 10.4. The van der Waals surface area contributed by atoms with Crippen LogP contribution in [0.25, 0.3) is 0 Å². The van der Waals surface area contributed by atoms with Gasteiger partial charge in [-0.2, -0.15) is 0 Å². The summed E-state index contributed by atoms with van der Waals surface area (Å²) in [5, 5.41) is 13.9. The molecule has 18 heavy (non-hydrogen) atoms. The van der Waals surface area contributed by atoms with Crippen LogP contribution in [0.1, 0.15) is 50.6 Å². The van der Waals surface area contributed by atoms with Crippen LogP contribution in [0.5, 0.6) is 0 Å². The van der Waals surface area contributed by atoms with Crippen molar-refractivity contribution in [3.05, 3.63) is 34.3 Å². The lowest BCUT2D eigenvalue weighted by Crippen LogP contribution is -2.39. The molecule has 1 aromatic carbocycles. The average molecular weight is 312 g/mol. The fraction of sp³-hybridized carbons (Fsp3) is 0.600. The van der Waals surface area contributed by atoms with Crippen molar-refractivity contribution < 1.29 is 5.11 Å². The van der Waals surface area contributed by atoms with Gasteiger partial charge >= 0.3 is 0 Å². The third-order valence-electron chi connectivity index (χ3n) is 3.89. The Kier molecular flexibility index (Phi) is 4.82. The molecule has 1 atom stereocenters. The van der Waals surface area contributed by atoms with E-state index in [1.807, 2.05) is 0 Å². The second kappa shape index (κ2) is 6.18. The third kappa shape index (κ3) is 3.56. The number of nitrogens with one attached hydrogen (secondary N) is 1. The molecule has 1 saturated carbocycles. The van der Waals surface area contributed by atoms with E-state index in [1.165, 1.54) is 5.56 Å². The molecular weight excluding hydrogens is 290 g/mol. The van der Waals surface area contributed by atoms with E-state index in [0.29, 0.717) is 12.6 Å². The van der Waals surface area contributed by atoms with Crippen LogP contribution in [0, 0.1) is 0 Å². The highest BCUT2D eigenvalue weighted by molar-refractivity contribution is 9.10. The molecule has 0 spiro atoms. The molecule has 1 aliphatic rings. The SMILES string of the molecule is CCC(NCC1(O)CCCC1)c1ccc(Br)cc1. The van der Waals surface area contributed by atoms with Crippen LogP contribution in [0.15, 0.2) is 28.7 Å². The summed E-state index contributed by atoms with van der Waals surface area (Å²) in [6.45, 7) is 2.89. The van der Waals surface area contributed by atoms with Gasteiger partial charge in [0.1, 0.15) is 0 Å². The summed E-state index contributed by atoms with van der Waals surface area (Å²) < 4.78 is 1.11. The summed E-state index contributed by atoms with van der Waals surface area (Å²) in [5.41, 5.74) is 0.824. The predicted molar refractivity (Wildman–Crippen MR) is 78.6 cm³/mol. The molecule has 0 heterocycles. The number of hydrogen-bond acceptors (Lipinski definition) is 2. The summed E-state index contributed by atoms with van der Waals surface area (Å²) in [6, 6.07) is 8.77. The summed E-state index contributed by atoms with van der Waals surface area (Å²) >= 11 is 3.46. The molecule has 100 valence electrons. The molecule has 1 aromatic rings. The molecule has 0 saturated heterocycles. The van der Waals surface area contributed by atoms with Crippen LogP contribution in [0.3, 0.4) is 0 Å². The number of hydrogen-bond donors (Lipinski definition) is 2. The summed E-state index contributed by atoms with van der Waals surface area (Å²) in [5.74, 6) is 0. The highest BCUT2D eigenvalue weighted by Crippen LogP contribution is 2.29. The Morgan fingerprint density at radius 3 is 2.44 bits per heavy atom. The third-order valence-corrected chi connectivity index (χ3v) is 4.42. The maximum Gasteiger partial charge on any atom is 0.0771 e. The molecule has 2 rings (SSSR count). The van der Waals surface area contributed by atoms with Gasteiger partial charge in [0.2, 0.25) is 0 Å². The van der Waals surface area contributed by atoms with Gasteiger partial charge in [0.05, 0.1) is 5.60 Å². The Morgan fingerprint density at radius 2 is 1.89 bits per heavy atom. The number of benzene rings is 1. The minimum Gasteiger partial charge on any atom is -0.389 e. The monoisotopic (exact) mass is 311 g/mol. The first-order valence-electron chi connectivity index (χ1n) is 6.84. The van der Waals surface area contributed by atoms with Crippen LogP contribution >= 0.6 is 15.9 Å². The van der Waals surface area contributed by atoms with E-state index in [9.17, 15) is 5.11 Å². The predicted octanol–water partition coefficient (Wildman–Crippen LogP) is 3.79. The molecule has 2 nitrogen and oxygen atoms in total. The standard InChI is InChI=1S/C15H22BrNO/c1-2-14(12-5-7-13(16)8-6-12)17-11-15(18)9-3-4-10-15/h5-8,14,17-18H,2-4,9-11H2,1H3. The van der Waals surface area contributed by atoms with Crippen LogP contribution in [0.2, 0.25) is 0 Å². The first-order chi connectivity index (χ1) is 8.63. The summed E-state index contributed by atoms with van der Waals surface area (Å²) in [4.78, 5) is 0. The smallest absolute Gasteiger partial charge is 0.0771 e. The zero-order valence-electron chi connectivity index (χ0n) is 11.0. The Morgan fingerprint density at radius 1 is 1.28 bits per heavy atom.